The summed E-state index contributed by atoms with van der Waals surface area (Å²) in [6, 6.07) is 7.45. The lowest BCUT2D eigenvalue weighted by Gasteiger charge is -2.17. The van der Waals surface area contributed by atoms with Crippen LogP contribution in [0.15, 0.2) is 24.3 Å². The maximum absolute atomic E-state index is 12.2. The van der Waals surface area contributed by atoms with Gasteiger partial charge in [0.2, 0.25) is 5.91 Å². The number of aliphatic carboxylic acids is 1. The molecule has 0 aromatic heterocycles. The molecule has 1 N–H and O–H groups in total. The van der Waals surface area contributed by atoms with Gasteiger partial charge in [-0.2, -0.15) is 0 Å². The number of hydrogen-bond donors (Lipinski definition) is 1. The van der Waals surface area contributed by atoms with Crippen LogP contribution in [0.1, 0.15) is 18.4 Å². The van der Waals surface area contributed by atoms with Gasteiger partial charge >= 0.3 is 5.97 Å². The standard InChI is InChI=1S/C15H19NO4/c1-20-13-5-3-2-4-12(13)9-14(17)16-7-6-11(10-16)8-15(18)19/h2-5,11H,6-10H2,1H3,(H,18,19). The number of hydrogen-bond acceptors (Lipinski definition) is 3. The Labute approximate surface area is 118 Å². The molecule has 1 atom stereocenters. The number of carbonyl (C=O) groups excluding carboxylic acids is 1. The molecule has 0 bridgehead atoms. The van der Waals surface area contributed by atoms with Crippen molar-refractivity contribution in [3.05, 3.63) is 29.8 Å². The van der Waals surface area contributed by atoms with Gasteiger partial charge in [0.1, 0.15) is 5.75 Å². The topological polar surface area (TPSA) is 66.8 Å². The number of benzene rings is 1. The van der Waals surface area contributed by atoms with Crippen molar-refractivity contribution in [3.8, 4) is 5.75 Å². The van der Waals surface area contributed by atoms with Gasteiger partial charge in [-0.1, -0.05) is 18.2 Å². The molecule has 1 unspecified atom stereocenters. The molecule has 1 aromatic rings. The predicted octanol–water partition coefficient (Wildman–Crippen LogP) is 1.56. The van der Waals surface area contributed by atoms with Crippen molar-refractivity contribution in [1.82, 2.24) is 4.90 Å². The van der Waals surface area contributed by atoms with E-state index in [1.807, 2.05) is 24.3 Å². The van der Waals surface area contributed by atoms with Crippen molar-refractivity contribution < 1.29 is 19.4 Å². The van der Waals surface area contributed by atoms with Crippen LogP contribution in [0.4, 0.5) is 0 Å². The highest BCUT2D eigenvalue weighted by atomic mass is 16.5. The quantitative estimate of drug-likeness (QED) is 0.887. The second-order valence-corrected chi connectivity index (χ2v) is 5.08. The molecule has 20 heavy (non-hydrogen) atoms. The summed E-state index contributed by atoms with van der Waals surface area (Å²) in [5, 5.41) is 8.78. The summed E-state index contributed by atoms with van der Waals surface area (Å²) in [5.41, 5.74) is 0.863. The fourth-order valence-electron chi connectivity index (χ4n) is 2.60. The average molecular weight is 277 g/mol. The van der Waals surface area contributed by atoms with Gasteiger partial charge in [-0.3, -0.25) is 9.59 Å². The summed E-state index contributed by atoms with van der Waals surface area (Å²) in [6.45, 7) is 1.19. The van der Waals surface area contributed by atoms with Gasteiger partial charge in [0, 0.05) is 25.1 Å². The third kappa shape index (κ3) is 3.50. The van der Waals surface area contributed by atoms with Crippen molar-refractivity contribution in [2.75, 3.05) is 20.2 Å². The Morgan fingerprint density at radius 3 is 2.85 bits per heavy atom. The Balaban J connectivity index is 1.94. The molecule has 1 heterocycles. The molecule has 0 saturated carbocycles. The second kappa shape index (κ2) is 6.41. The third-order valence-corrected chi connectivity index (χ3v) is 3.64. The number of likely N-dealkylation sites (tertiary alicyclic amines) is 1. The van der Waals surface area contributed by atoms with E-state index in [9.17, 15) is 9.59 Å². The number of ether oxygens (including phenoxy) is 1. The second-order valence-electron chi connectivity index (χ2n) is 5.08. The molecule has 1 aromatic carbocycles. The molecular formula is C15H19NO4. The fraction of sp³-hybridized carbons (Fsp3) is 0.467. The van der Waals surface area contributed by atoms with Crippen molar-refractivity contribution in [2.45, 2.75) is 19.3 Å². The summed E-state index contributed by atoms with van der Waals surface area (Å²) in [7, 11) is 1.59. The number of nitrogens with zero attached hydrogens (tertiary/aromatic N) is 1. The minimum atomic E-state index is -0.797. The van der Waals surface area contributed by atoms with Crippen LogP contribution in [0.3, 0.4) is 0 Å². The Kier molecular flexibility index (Phi) is 4.61. The van der Waals surface area contributed by atoms with Gasteiger partial charge in [-0.05, 0) is 18.4 Å². The lowest BCUT2D eigenvalue weighted by atomic mass is 10.1. The van der Waals surface area contributed by atoms with Gasteiger partial charge < -0.3 is 14.7 Å². The zero-order chi connectivity index (χ0) is 14.5. The van der Waals surface area contributed by atoms with E-state index in [4.69, 9.17) is 9.84 Å². The van der Waals surface area contributed by atoms with Crippen LogP contribution in [-0.4, -0.2) is 42.1 Å². The van der Waals surface area contributed by atoms with Crippen LogP contribution in [0.2, 0.25) is 0 Å². The number of methoxy groups -OCH3 is 1. The highest BCUT2D eigenvalue weighted by Gasteiger charge is 2.27. The van der Waals surface area contributed by atoms with Crippen LogP contribution in [-0.2, 0) is 16.0 Å². The SMILES string of the molecule is COc1ccccc1CC(=O)N1CCC(CC(=O)O)C1. The predicted molar refractivity (Wildman–Crippen MR) is 73.6 cm³/mol. The normalized spacial score (nSPS) is 18.1. The minimum Gasteiger partial charge on any atom is -0.496 e. The van der Waals surface area contributed by atoms with Gasteiger partial charge in [0.05, 0.1) is 13.5 Å². The smallest absolute Gasteiger partial charge is 0.303 e. The van der Waals surface area contributed by atoms with Gasteiger partial charge in [0.25, 0.3) is 0 Å². The minimum absolute atomic E-state index is 0.0300. The summed E-state index contributed by atoms with van der Waals surface area (Å²) in [6.07, 6.45) is 1.20. The molecule has 108 valence electrons. The van der Waals surface area contributed by atoms with Crippen LogP contribution in [0.5, 0.6) is 5.75 Å². The Bertz CT molecular complexity index is 500. The monoisotopic (exact) mass is 277 g/mol. The molecule has 0 aliphatic carbocycles. The van der Waals surface area contributed by atoms with E-state index in [-0.39, 0.29) is 18.2 Å². The van der Waals surface area contributed by atoms with Crippen LogP contribution in [0.25, 0.3) is 0 Å². The molecule has 1 amide bonds. The van der Waals surface area contributed by atoms with Crippen LogP contribution in [0, 0.1) is 5.92 Å². The van der Waals surface area contributed by atoms with E-state index in [0.29, 0.717) is 25.3 Å². The molecule has 2 rings (SSSR count). The van der Waals surface area contributed by atoms with Gasteiger partial charge in [-0.25, -0.2) is 0 Å². The van der Waals surface area contributed by atoms with Crippen molar-refractivity contribution in [3.63, 3.8) is 0 Å². The number of amides is 1. The lowest BCUT2D eigenvalue weighted by Crippen LogP contribution is -2.30. The molecule has 5 nitrogen and oxygen atoms in total. The van der Waals surface area contributed by atoms with Gasteiger partial charge in [-0.15, -0.1) is 0 Å². The lowest BCUT2D eigenvalue weighted by molar-refractivity contribution is -0.138. The van der Waals surface area contributed by atoms with E-state index in [0.717, 1.165) is 12.0 Å². The number of carbonyl (C=O) groups is 2. The maximum Gasteiger partial charge on any atom is 0.303 e. The van der Waals surface area contributed by atoms with Gasteiger partial charge in [0.15, 0.2) is 0 Å². The largest absolute Gasteiger partial charge is 0.496 e. The summed E-state index contributed by atoms with van der Waals surface area (Å²) >= 11 is 0. The molecule has 1 aliphatic rings. The molecular weight excluding hydrogens is 258 g/mol. The molecule has 5 heteroatoms. The zero-order valence-corrected chi connectivity index (χ0v) is 11.5. The Hall–Kier alpha value is -2.04. The first-order chi connectivity index (χ1) is 9.60. The molecule has 1 aliphatic heterocycles. The first-order valence-electron chi connectivity index (χ1n) is 6.71. The van der Waals surface area contributed by atoms with Crippen molar-refractivity contribution in [1.29, 1.82) is 0 Å². The summed E-state index contributed by atoms with van der Waals surface area (Å²) in [4.78, 5) is 24.7. The Morgan fingerprint density at radius 1 is 1.40 bits per heavy atom. The van der Waals surface area contributed by atoms with Crippen molar-refractivity contribution >= 4 is 11.9 Å². The fourth-order valence-corrected chi connectivity index (χ4v) is 2.60. The highest BCUT2D eigenvalue weighted by Crippen LogP contribution is 2.23. The highest BCUT2D eigenvalue weighted by molar-refractivity contribution is 5.80. The van der Waals surface area contributed by atoms with Crippen molar-refractivity contribution in [2.24, 2.45) is 5.92 Å². The van der Waals surface area contributed by atoms with E-state index in [2.05, 4.69) is 0 Å². The molecule has 1 saturated heterocycles. The molecule has 0 radical (unpaired) electrons. The number of para-hydroxylation sites is 1. The zero-order valence-electron chi connectivity index (χ0n) is 11.5. The van der Waals surface area contributed by atoms with E-state index >= 15 is 0 Å². The number of carboxylic acid groups (broad SMARTS) is 1. The first kappa shape index (κ1) is 14.4. The molecule has 1 fully saturated rings. The number of rotatable bonds is 5. The molecule has 0 spiro atoms. The Morgan fingerprint density at radius 2 is 2.15 bits per heavy atom. The number of carboxylic acids is 1. The third-order valence-electron chi connectivity index (χ3n) is 3.64. The average Bonchev–Trinajstić information content (AvgIpc) is 2.87. The summed E-state index contributed by atoms with van der Waals surface area (Å²) in [5.74, 6) is 0.0210. The maximum atomic E-state index is 12.2. The summed E-state index contributed by atoms with van der Waals surface area (Å²) < 4.78 is 5.23. The van der Waals surface area contributed by atoms with Crippen LogP contribution >= 0.6 is 0 Å². The first-order valence-corrected chi connectivity index (χ1v) is 6.71. The van der Waals surface area contributed by atoms with E-state index in [1.165, 1.54) is 0 Å². The van der Waals surface area contributed by atoms with Crippen LogP contribution < -0.4 is 4.74 Å². The van der Waals surface area contributed by atoms with E-state index in [1.54, 1.807) is 12.0 Å². The van der Waals surface area contributed by atoms with E-state index < -0.39 is 5.97 Å².